The van der Waals surface area contributed by atoms with Crippen molar-refractivity contribution in [2.24, 2.45) is 0 Å². The van der Waals surface area contributed by atoms with Crippen molar-refractivity contribution in [3.8, 4) is 0 Å². The van der Waals surface area contributed by atoms with Crippen LogP contribution in [-0.2, 0) is 0 Å². The predicted octanol–water partition coefficient (Wildman–Crippen LogP) is 4.03. The zero-order valence-corrected chi connectivity index (χ0v) is 9.91. The van der Waals surface area contributed by atoms with Crippen molar-refractivity contribution >= 4 is 23.5 Å². The fraction of sp³-hybridized carbons (Fsp3) is 0.333. The normalized spacial score (nSPS) is 21.9. The van der Waals surface area contributed by atoms with Crippen LogP contribution < -0.4 is 0 Å². The van der Waals surface area contributed by atoms with Gasteiger partial charge in [0.15, 0.2) is 0 Å². The lowest BCUT2D eigenvalue weighted by Crippen LogP contribution is -1.95. The molecule has 1 atom stereocenters. The molecule has 1 heterocycles. The number of thioether (sulfide) groups is 2. The van der Waals surface area contributed by atoms with E-state index in [9.17, 15) is 0 Å². The summed E-state index contributed by atoms with van der Waals surface area (Å²) in [6.45, 7) is 2.14. The summed E-state index contributed by atoms with van der Waals surface area (Å²) in [4.78, 5) is 0. The van der Waals surface area contributed by atoms with E-state index in [1.807, 2.05) is 23.5 Å². The lowest BCUT2D eigenvalue weighted by Gasteiger charge is -2.12. The van der Waals surface area contributed by atoms with E-state index >= 15 is 0 Å². The van der Waals surface area contributed by atoms with Crippen molar-refractivity contribution in [1.29, 1.82) is 0 Å². The van der Waals surface area contributed by atoms with Gasteiger partial charge in [0.25, 0.3) is 0 Å². The molecular weight excluding hydrogens is 208 g/mol. The van der Waals surface area contributed by atoms with Crippen molar-refractivity contribution < 1.29 is 0 Å². The second-order valence-corrected chi connectivity index (χ2v) is 5.63. The standard InChI is InChI=1S/C12H14S2/c1-10-3-5-11(6-4-10)12-9-13-7-2-8-14-12/h2-6,8,12H,7,9H2,1H3. The summed E-state index contributed by atoms with van der Waals surface area (Å²) in [7, 11) is 0. The average Bonchev–Trinajstić information content (AvgIpc) is 2.47. The van der Waals surface area contributed by atoms with Crippen molar-refractivity contribution in [2.75, 3.05) is 11.5 Å². The van der Waals surface area contributed by atoms with E-state index in [0.717, 1.165) is 5.75 Å². The van der Waals surface area contributed by atoms with Crippen molar-refractivity contribution in [1.82, 2.24) is 0 Å². The maximum atomic E-state index is 2.26. The summed E-state index contributed by atoms with van der Waals surface area (Å²) in [6, 6.07) is 8.92. The highest BCUT2D eigenvalue weighted by atomic mass is 32.2. The SMILES string of the molecule is Cc1ccc(C2CSCC=CS2)cc1. The molecule has 0 amide bonds. The Balaban J connectivity index is 2.13. The molecule has 0 fully saturated rings. The van der Waals surface area contributed by atoms with Gasteiger partial charge in [0.05, 0.1) is 0 Å². The van der Waals surface area contributed by atoms with Gasteiger partial charge in [0.2, 0.25) is 0 Å². The molecule has 2 heteroatoms. The van der Waals surface area contributed by atoms with Crippen LogP contribution in [0, 0.1) is 6.92 Å². The van der Waals surface area contributed by atoms with Gasteiger partial charge in [-0.15, -0.1) is 11.8 Å². The molecule has 0 N–H and O–H groups in total. The molecule has 0 aromatic heterocycles. The Kier molecular flexibility index (Phi) is 3.60. The Hall–Kier alpha value is -0.340. The summed E-state index contributed by atoms with van der Waals surface area (Å²) >= 11 is 3.96. The van der Waals surface area contributed by atoms with Crippen LogP contribution in [0.4, 0.5) is 0 Å². The molecular formula is C12H14S2. The van der Waals surface area contributed by atoms with Crippen LogP contribution in [0.2, 0.25) is 0 Å². The van der Waals surface area contributed by atoms with Gasteiger partial charge in [0, 0.05) is 16.8 Å². The molecule has 1 unspecified atom stereocenters. The second-order valence-electron chi connectivity index (χ2n) is 3.44. The van der Waals surface area contributed by atoms with E-state index in [-0.39, 0.29) is 0 Å². The van der Waals surface area contributed by atoms with E-state index in [1.54, 1.807) is 0 Å². The highest BCUT2D eigenvalue weighted by Gasteiger charge is 2.11. The quantitative estimate of drug-likeness (QED) is 0.703. The van der Waals surface area contributed by atoms with Gasteiger partial charge in [-0.1, -0.05) is 35.9 Å². The third kappa shape index (κ3) is 2.58. The molecule has 0 saturated heterocycles. The van der Waals surface area contributed by atoms with Crippen molar-refractivity contribution in [3.05, 3.63) is 46.9 Å². The van der Waals surface area contributed by atoms with E-state index in [0.29, 0.717) is 5.25 Å². The summed E-state index contributed by atoms with van der Waals surface area (Å²) < 4.78 is 0. The highest BCUT2D eigenvalue weighted by molar-refractivity contribution is 8.05. The highest BCUT2D eigenvalue weighted by Crippen LogP contribution is 2.35. The molecule has 0 radical (unpaired) electrons. The first kappa shape index (κ1) is 10.2. The van der Waals surface area contributed by atoms with Crippen LogP contribution in [0.5, 0.6) is 0 Å². The number of rotatable bonds is 1. The zero-order chi connectivity index (χ0) is 9.80. The van der Waals surface area contributed by atoms with Crippen molar-refractivity contribution in [2.45, 2.75) is 12.2 Å². The van der Waals surface area contributed by atoms with Crippen LogP contribution in [0.15, 0.2) is 35.7 Å². The third-order valence-corrected chi connectivity index (χ3v) is 4.60. The van der Waals surface area contributed by atoms with Crippen LogP contribution in [0.3, 0.4) is 0 Å². The summed E-state index contributed by atoms with van der Waals surface area (Å²) in [5.41, 5.74) is 2.80. The first-order valence-corrected chi connectivity index (χ1v) is 6.91. The monoisotopic (exact) mass is 222 g/mol. The number of hydrogen-bond acceptors (Lipinski definition) is 2. The molecule has 0 saturated carbocycles. The van der Waals surface area contributed by atoms with Gasteiger partial charge in [0.1, 0.15) is 0 Å². The predicted molar refractivity (Wildman–Crippen MR) is 68.0 cm³/mol. The van der Waals surface area contributed by atoms with E-state index in [2.05, 4.69) is 42.7 Å². The fourth-order valence-electron chi connectivity index (χ4n) is 1.43. The smallest absolute Gasteiger partial charge is 0.0429 e. The van der Waals surface area contributed by atoms with Gasteiger partial charge in [-0.25, -0.2) is 0 Å². The van der Waals surface area contributed by atoms with E-state index in [1.165, 1.54) is 16.9 Å². The molecule has 14 heavy (non-hydrogen) atoms. The molecule has 0 nitrogen and oxygen atoms in total. The minimum Gasteiger partial charge on any atom is -0.156 e. The summed E-state index contributed by atoms with van der Waals surface area (Å²) in [6.07, 6.45) is 2.25. The average molecular weight is 222 g/mol. The minimum atomic E-state index is 0.638. The Morgan fingerprint density at radius 1 is 1.21 bits per heavy atom. The van der Waals surface area contributed by atoms with Crippen LogP contribution in [-0.4, -0.2) is 11.5 Å². The Labute approximate surface area is 94.2 Å². The Morgan fingerprint density at radius 3 is 2.79 bits per heavy atom. The topological polar surface area (TPSA) is 0 Å². The number of hydrogen-bond donors (Lipinski definition) is 0. The molecule has 0 aliphatic carbocycles. The van der Waals surface area contributed by atoms with Crippen LogP contribution in [0.25, 0.3) is 0 Å². The lowest BCUT2D eigenvalue weighted by atomic mass is 10.1. The molecule has 74 valence electrons. The first-order valence-electron chi connectivity index (χ1n) is 4.81. The van der Waals surface area contributed by atoms with Crippen molar-refractivity contribution in [3.63, 3.8) is 0 Å². The lowest BCUT2D eigenvalue weighted by molar-refractivity contribution is 1.12. The summed E-state index contributed by atoms with van der Waals surface area (Å²) in [5, 5.41) is 2.88. The van der Waals surface area contributed by atoms with Gasteiger partial charge in [-0.2, -0.15) is 11.8 Å². The van der Waals surface area contributed by atoms with E-state index < -0.39 is 0 Å². The largest absolute Gasteiger partial charge is 0.156 e. The van der Waals surface area contributed by atoms with Crippen LogP contribution in [0.1, 0.15) is 16.4 Å². The maximum Gasteiger partial charge on any atom is 0.0429 e. The summed E-state index contributed by atoms with van der Waals surface area (Å²) in [5.74, 6) is 2.39. The van der Waals surface area contributed by atoms with Gasteiger partial charge in [-0.05, 0) is 17.9 Å². The number of aryl methyl sites for hydroxylation is 1. The molecule has 0 bridgehead atoms. The molecule has 1 aromatic carbocycles. The maximum absolute atomic E-state index is 2.26. The van der Waals surface area contributed by atoms with Gasteiger partial charge >= 0.3 is 0 Å². The van der Waals surface area contributed by atoms with E-state index in [4.69, 9.17) is 0 Å². The number of benzene rings is 1. The first-order chi connectivity index (χ1) is 6.86. The Morgan fingerprint density at radius 2 is 2.00 bits per heavy atom. The molecule has 1 aromatic rings. The second kappa shape index (κ2) is 4.94. The fourth-order valence-corrected chi connectivity index (χ4v) is 3.64. The van der Waals surface area contributed by atoms with Gasteiger partial charge in [-0.3, -0.25) is 0 Å². The molecule has 0 spiro atoms. The van der Waals surface area contributed by atoms with Gasteiger partial charge < -0.3 is 0 Å². The molecule has 2 rings (SSSR count). The minimum absolute atomic E-state index is 0.638. The molecule has 1 aliphatic rings. The molecule has 1 aliphatic heterocycles. The zero-order valence-electron chi connectivity index (χ0n) is 8.27. The Bertz CT molecular complexity index is 314. The third-order valence-electron chi connectivity index (χ3n) is 2.27. The van der Waals surface area contributed by atoms with Crippen LogP contribution >= 0.6 is 23.5 Å².